The number of nitrogens with one attached hydrogen (secondary N) is 1. The fraction of sp³-hybridized carbons (Fsp3) is 0.250. The lowest BCUT2D eigenvalue weighted by Gasteiger charge is -2.08. The summed E-state index contributed by atoms with van der Waals surface area (Å²) in [6, 6.07) is 13.0. The summed E-state index contributed by atoms with van der Waals surface area (Å²) in [7, 11) is 1.59. The monoisotopic (exact) mass is 367 g/mol. The summed E-state index contributed by atoms with van der Waals surface area (Å²) in [6.07, 6.45) is 0. The van der Waals surface area contributed by atoms with E-state index in [-0.39, 0.29) is 19.1 Å². The first-order valence-corrected chi connectivity index (χ1v) is 8.48. The van der Waals surface area contributed by atoms with Gasteiger partial charge in [0, 0.05) is 5.56 Å². The second kappa shape index (κ2) is 8.35. The molecule has 0 aliphatic carbocycles. The van der Waals surface area contributed by atoms with Gasteiger partial charge in [0.15, 0.2) is 6.61 Å². The number of benzene rings is 2. The van der Waals surface area contributed by atoms with E-state index in [1.54, 1.807) is 13.2 Å². The molecule has 0 saturated heterocycles. The first-order chi connectivity index (χ1) is 13.0. The van der Waals surface area contributed by atoms with Gasteiger partial charge in [0.2, 0.25) is 11.8 Å². The topological polar surface area (TPSA) is 86.5 Å². The molecular weight excluding hydrogens is 346 g/mol. The van der Waals surface area contributed by atoms with Gasteiger partial charge in [-0.25, -0.2) is 0 Å². The number of ether oxygens (including phenoxy) is 2. The molecule has 3 aromatic rings. The Hall–Kier alpha value is -3.35. The Bertz CT molecular complexity index is 936. The van der Waals surface area contributed by atoms with Crippen molar-refractivity contribution in [2.75, 3.05) is 13.7 Å². The molecule has 1 aromatic heterocycles. The zero-order chi connectivity index (χ0) is 19.2. The van der Waals surface area contributed by atoms with E-state index >= 15 is 0 Å². The number of amides is 1. The molecule has 1 amide bonds. The molecule has 140 valence electrons. The Morgan fingerprint density at radius 3 is 2.70 bits per heavy atom. The number of hydrogen-bond donors (Lipinski definition) is 1. The molecule has 3 rings (SSSR count). The Kier molecular flexibility index (Phi) is 5.71. The van der Waals surface area contributed by atoms with Crippen LogP contribution in [0.5, 0.6) is 11.5 Å². The van der Waals surface area contributed by atoms with Crippen molar-refractivity contribution < 1.29 is 18.7 Å². The molecule has 7 nitrogen and oxygen atoms in total. The number of nitrogens with zero attached hydrogens (tertiary/aromatic N) is 2. The molecule has 27 heavy (non-hydrogen) atoms. The first-order valence-electron chi connectivity index (χ1n) is 8.48. The van der Waals surface area contributed by atoms with Crippen LogP contribution >= 0.6 is 0 Å². The van der Waals surface area contributed by atoms with E-state index < -0.39 is 0 Å². The second-order valence-electron chi connectivity index (χ2n) is 6.04. The summed E-state index contributed by atoms with van der Waals surface area (Å²) in [5.74, 6) is 1.77. The molecule has 0 unspecified atom stereocenters. The van der Waals surface area contributed by atoms with Gasteiger partial charge in [0.25, 0.3) is 5.91 Å². The van der Waals surface area contributed by atoms with Crippen LogP contribution in [0.1, 0.15) is 17.0 Å². The van der Waals surface area contributed by atoms with Crippen LogP contribution in [-0.4, -0.2) is 29.8 Å². The highest BCUT2D eigenvalue weighted by molar-refractivity contribution is 5.77. The fourth-order valence-corrected chi connectivity index (χ4v) is 2.38. The van der Waals surface area contributed by atoms with Crippen LogP contribution in [0.15, 0.2) is 46.9 Å². The summed E-state index contributed by atoms with van der Waals surface area (Å²) in [5.41, 5.74) is 3.04. The van der Waals surface area contributed by atoms with E-state index in [2.05, 4.69) is 15.5 Å². The number of aryl methyl sites for hydroxylation is 2. The fourth-order valence-electron chi connectivity index (χ4n) is 2.38. The molecule has 1 heterocycles. The van der Waals surface area contributed by atoms with Gasteiger partial charge in [-0.15, -0.1) is 10.2 Å². The first kappa shape index (κ1) is 18.4. The van der Waals surface area contributed by atoms with Crippen molar-refractivity contribution in [2.24, 2.45) is 0 Å². The van der Waals surface area contributed by atoms with Gasteiger partial charge in [-0.05, 0) is 55.3 Å². The molecule has 1 N–H and O–H groups in total. The van der Waals surface area contributed by atoms with Gasteiger partial charge >= 0.3 is 0 Å². The van der Waals surface area contributed by atoms with Crippen LogP contribution in [0.2, 0.25) is 0 Å². The minimum absolute atomic E-state index is 0.0839. The number of carbonyl (C=O) groups is 1. The van der Waals surface area contributed by atoms with Gasteiger partial charge in [0.05, 0.1) is 13.7 Å². The number of carbonyl (C=O) groups excluding carboxylic acids is 1. The van der Waals surface area contributed by atoms with E-state index in [4.69, 9.17) is 13.9 Å². The minimum atomic E-state index is -0.269. The highest BCUT2D eigenvalue weighted by atomic mass is 16.5. The SMILES string of the molecule is COc1cccc(-c2nnc(CNC(=O)COc3ccc(C)c(C)c3)o2)c1. The van der Waals surface area contributed by atoms with Crippen molar-refractivity contribution in [3.05, 3.63) is 59.5 Å². The quantitative estimate of drug-likeness (QED) is 0.691. The maximum Gasteiger partial charge on any atom is 0.258 e. The lowest BCUT2D eigenvalue weighted by Crippen LogP contribution is -2.28. The van der Waals surface area contributed by atoms with Crippen LogP contribution in [0, 0.1) is 13.8 Å². The lowest BCUT2D eigenvalue weighted by molar-refractivity contribution is -0.123. The van der Waals surface area contributed by atoms with Crippen LogP contribution in [-0.2, 0) is 11.3 Å². The maximum absolute atomic E-state index is 12.0. The van der Waals surface area contributed by atoms with Gasteiger partial charge in [-0.2, -0.15) is 0 Å². The van der Waals surface area contributed by atoms with Gasteiger partial charge in [0.1, 0.15) is 11.5 Å². The second-order valence-corrected chi connectivity index (χ2v) is 6.04. The van der Waals surface area contributed by atoms with E-state index in [9.17, 15) is 4.79 Å². The van der Waals surface area contributed by atoms with Crippen LogP contribution in [0.3, 0.4) is 0 Å². The average Bonchev–Trinajstić information content (AvgIpc) is 3.16. The maximum atomic E-state index is 12.0. The Balaban J connectivity index is 1.51. The predicted molar refractivity (Wildman–Crippen MR) is 99.5 cm³/mol. The number of methoxy groups -OCH3 is 1. The van der Waals surface area contributed by atoms with Crippen LogP contribution < -0.4 is 14.8 Å². The highest BCUT2D eigenvalue weighted by Gasteiger charge is 2.11. The Morgan fingerprint density at radius 2 is 1.93 bits per heavy atom. The summed E-state index contributed by atoms with van der Waals surface area (Å²) in [5, 5.41) is 10.6. The smallest absolute Gasteiger partial charge is 0.258 e. The van der Waals surface area contributed by atoms with Crippen molar-refractivity contribution >= 4 is 5.91 Å². The molecular formula is C20H21N3O4. The molecule has 2 aromatic carbocycles. The van der Waals surface area contributed by atoms with Gasteiger partial charge in [-0.3, -0.25) is 4.79 Å². The van der Waals surface area contributed by atoms with Gasteiger partial charge in [-0.1, -0.05) is 12.1 Å². The summed E-state index contributed by atoms with van der Waals surface area (Å²) < 4.78 is 16.3. The van der Waals surface area contributed by atoms with Crippen molar-refractivity contribution in [3.8, 4) is 23.0 Å². The van der Waals surface area contributed by atoms with Crippen molar-refractivity contribution in [1.29, 1.82) is 0 Å². The van der Waals surface area contributed by atoms with E-state index in [1.165, 1.54) is 5.56 Å². The number of aromatic nitrogens is 2. The zero-order valence-electron chi connectivity index (χ0n) is 15.5. The van der Waals surface area contributed by atoms with E-state index in [1.807, 2.05) is 50.2 Å². The summed E-state index contributed by atoms with van der Waals surface area (Å²) >= 11 is 0. The number of hydrogen-bond acceptors (Lipinski definition) is 6. The average molecular weight is 367 g/mol. The number of rotatable bonds is 7. The summed E-state index contributed by atoms with van der Waals surface area (Å²) in [6.45, 7) is 4.07. The third kappa shape index (κ3) is 4.84. The third-order valence-corrected chi connectivity index (χ3v) is 4.07. The van der Waals surface area contributed by atoms with Crippen molar-refractivity contribution in [1.82, 2.24) is 15.5 Å². The summed E-state index contributed by atoms with van der Waals surface area (Å²) in [4.78, 5) is 12.0. The molecule has 0 fully saturated rings. The Labute approximate surface area is 157 Å². The normalized spacial score (nSPS) is 10.5. The van der Waals surface area contributed by atoms with Crippen molar-refractivity contribution in [2.45, 2.75) is 20.4 Å². The van der Waals surface area contributed by atoms with Crippen LogP contribution in [0.4, 0.5) is 0 Å². The molecule has 0 aliphatic rings. The largest absolute Gasteiger partial charge is 0.497 e. The molecule has 7 heteroatoms. The van der Waals surface area contributed by atoms with Crippen molar-refractivity contribution in [3.63, 3.8) is 0 Å². The molecule has 0 atom stereocenters. The third-order valence-electron chi connectivity index (χ3n) is 4.07. The van der Waals surface area contributed by atoms with E-state index in [0.29, 0.717) is 23.3 Å². The molecule has 0 radical (unpaired) electrons. The van der Waals surface area contributed by atoms with Crippen LogP contribution in [0.25, 0.3) is 11.5 Å². The highest BCUT2D eigenvalue weighted by Crippen LogP contribution is 2.22. The molecule has 0 bridgehead atoms. The molecule has 0 spiro atoms. The van der Waals surface area contributed by atoms with E-state index in [0.717, 1.165) is 11.1 Å². The predicted octanol–water partition coefficient (Wildman–Crippen LogP) is 3.06. The Morgan fingerprint density at radius 1 is 1.07 bits per heavy atom. The standard InChI is InChI=1S/C20H21N3O4/c1-13-7-8-17(9-14(13)2)26-12-18(24)21-11-19-22-23-20(27-19)15-5-4-6-16(10-15)25-3/h4-10H,11-12H2,1-3H3,(H,21,24). The minimum Gasteiger partial charge on any atom is -0.497 e. The lowest BCUT2D eigenvalue weighted by atomic mass is 10.1. The molecule has 0 saturated carbocycles. The zero-order valence-corrected chi connectivity index (χ0v) is 15.5. The van der Waals surface area contributed by atoms with Gasteiger partial charge < -0.3 is 19.2 Å². The molecule has 0 aliphatic heterocycles.